The molecule has 6 heteroatoms. The van der Waals surface area contributed by atoms with Gasteiger partial charge in [-0.3, -0.25) is 9.89 Å². The molecule has 1 fully saturated rings. The van der Waals surface area contributed by atoms with Crippen molar-refractivity contribution in [1.29, 1.82) is 0 Å². The van der Waals surface area contributed by atoms with Gasteiger partial charge >= 0.3 is 0 Å². The first-order valence-electron chi connectivity index (χ1n) is 9.70. The summed E-state index contributed by atoms with van der Waals surface area (Å²) in [5.74, 6) is 0.453. The summed E-state index contributed by atoms with van der Waals surface area (Å²) in [4.78, 5) is 7.09. The first kappa shape index (κ1) is 22.6. The van der Waals surface area contributed by atoms with Gasteiger partial charge in [-0.2, -0.15) is 0 Å². The Morgan fingerprint density at radius 1 is 1.18 bits per heavy atom. The topological polar surface area (TPSA) is 62.9 Å². The van der Waals surface area contributed by atoms with Gasteiger partial charge in [0.05, 0.1) is 25.8 Å². The standard InChI is InChI=1S/C22H30N4O.HI/c1-3-18-7-5-9-20(15-18)25-22(23)24-16-21(26-10-12-27-13-11-26)19-8-4-6-17(2)14-19;/h4-9,14-15,21H,3,10-13,16H2,1-2H3,(H3,23,24,25);1H. The molecule has 3 N–H and O–H groups in total. The number of nitrogens with two attached hydrogens (primary N) is 1. The maximum atomic E-state index is 6.18. The highest BCUT2D eigenvalue weighted by Crippen LogP contribution is 2.23. The number of aliphatic imine (C=N–C) groups is 1. The number of aryl methyl sites for hydroxylation is 2. The van der Waals surface area contributed by atoms with Crippen LogP contribution >= 0.6 is 24.0 Å². The Hall–Kier alpha value is -1.64. The SMILES string of the molecule is CCc1cccc(NC(N)=NCC(c2cccc(C)c2)N2CCOCC2)c1.I. The third kappa shape index (κ3) is 6.46. The van der Waals surface area contributed by atoms with Crippen LogP contribution in [0.15, 0.2) is 53.5 Å². The molecule has 0 amide bonds. The molecule has 0 spiro atoms. The Morgan fingerprint density at radius 2 is 1.93 bits per heavy atom. The Balaban J connectivity index is 0.00000280. The van der Waals surface area contributed by atoms with Crippen LogP contribution in [0.3, 0.4) is 0 Å². The molecule has 1 atom stereocenters. The lowest BCUT2D eigenvalue weighted by Crippen LogP contribution is -2.40. The number of hydrogen-bond donors (Lipinski definition) is 2. The van der Waals surface area contributed by atoms with E-state index in [4.69, 9.17) is 10.5 Å². The molecule has 0 aliphatic carbocycles. The number of ether oxygens (including phenoxy) is 1. The molecule has 2 aromatic rings. The molecule has 2 aromatic carbocycles. The van der Waals surface area contributed by atoms with E-state index in [0.717, 1.165) is 38.4 Å². The van der Waals surface area contributed by atoms with Gasteiger partial charge in [-0.1, -0.05) is 48.9 Å². The van der Waals surface area contributed by atoms with Crippen LogP contribution in [-0.2, 0) is 11.2 Å². The smallest absolute Gasteiger partial charge is 0.193 e. The number of nitrogens with one attached hydrogen (secondary N) is 1. The fourth-order valence-electron chi connectivity index (χ4n) is 3.44. The number of hydrogen-bond acceptors (Lipinski definition) is 3. The summed E-state index contributed by atoms with van der Waals surface area (Å²) in [5.41, 5.74) is 11.0. The van der Waals surface area contributed by atoms with E-state index < -0.39 is 0 Å². The fraction of sp³-hybridized carbons (Fsp3) is 0.409. The molecule has 0 saturated carbocycles. The van der Waals surface area contributed by atoms with E-state index in [0.29, 0.717) is 12.5 Å². The number of benzene rings is 2. The van der Waals surface area contributed by atoms with Crippen LogP contribution in [0.1, 0.15) is 29.7 Å². The van der Waals surface area contributed by atoms with Gasteiger partial charge in [0, 0.05) is 18.8 Å². The van der Waals surface area contributed by atoms with Crippen molar-refractivity contribution in [3.8, 4) is 0 Å². The summed E-state index contributed by atoms with van der Waals surface area (Å²) in [5, 5.41) is 3.22. The third-order valence-corrected chi connectivity index (χ3v) is 4.96. The van der Waals surface area contributed by atoms with Gasteiger partial charge in [-0.15, -0.1) is 24.0 Å². The minimum Gasteiger partial charge on any atom is -0.379 e. The largest absolute Gasteiger partial charge is 0.379 e. The molecule has 3 rings (SSSR count). The third-order valence-electron chi connectivity index (χ3n) is 4.96. The van der Waals surface area contributed by atoms with Crippen molar-refractivity contribution < 1.29 is 4.74 Å². The molecule has 1 unspecified atom stereocenters. The minimum absolute atomic E-state index is 0. The van der Waals surface area contributed by atoms with Gasteiger partial charge in [0.15, 0.2) is 5.96 Å². The van der Waals surface area contributed by atoms with Crippen LogP contribution in [0.2, 0.25) is 0 Å². The number of halogens is 1. The number of rotatable bonds is 6. The Morgan fingerprint density at radius 3 is 2.64 bits per heavy atom. The quantitative estimate of drug-likeness (QED) is 0.363. The zero-order valence-electron chi connectivity index (χ0n) is 16.7. The molecular formula is C22H31IN4O. The van der Waals surface area contributed by atoms with Gasteiger partial charge in [0.1, 0.15) is 0 Å². The van der Waals surface area contributed by atoms with Crippen LogP contribution in [0.5, 0.6) is 0 Å². The van der Waals surface area contributed by atoms with E-state index in [1.807, 2.05) is 12.1 Å². The maximum absolute atomic E-state index is 6.18. The molecule has 1 aliphatic rings. The average molecular weight is 494 g/mol. The summed E-state index contributed by atoms with van der Waals surface area (Å²) in [6, 6.07) is 17.1. The lowest BCUT2D eigenvalue weighted by Gasteiger charge is -2.34. The van der Waals surface area contributed by atoms with E-state index in [2.05, 4.69) is 65.5 Å². The van der Waals surface area contributed by atoms with Crippen molar-refractivity contribution in [2.24, 2.45) is 10.7 Å². The van der Waals surface area contributed by atoms with Crippen LogP contribution in [0.4, 0.5) is 5.69 Å². The van der Waals surface area contributed by atoms with Crippen LogP contribution < -0.4 is 11.1 Å². The molecule has 1 aliphatic heterocycles. The lowest BCUT2D eigenvalue weighted by molar-refractivity contribution is 0.0180. The maximum Gasteiger partial charge on any atom is 0.193 e. The summed E-state index contributed by atoms with van der Waals surface area (Å²) in [7, 11) is 0. The van der Waals surface area contributed by atoms with Crippen molar-refractivity contribution in [3.05, 3.63) is 65.2 Å². The molecule has 0 radical (unpaired) electrons. The highest BCUT2D eigenvalue weighted by molar-refractivity contribution is 14.0. The molecule has 28 heavy (non-hydrogen) atoms. The highest BCUT2D eigenvalue weighted by Gasteiger charge is 2.22. The number of morpholine rings is 1. The van der Waals surface area contributed by atoms with Gasteiger partial charge in [0.2, 0.25) is 0 Å². The highest BCUT2D eigenvalue weighted by atomic mass is 127. The normalized spacial score (nSPS) is 16.3. The Bertz CT molecular complexity index is 775. The molecule has 5 nitrogen and oxygen atoms in total. The zero-order chi connectivity index (χ0) is 19.1. The van der Waals surface area contributed by atoms with Gasteiger partial charge in [-0.25, -0.2) is 0 Å². The fourth-order valence-corrected chi connectivity index (χ4v) is 3.44. The minimum atomic E-state index is 0. The Kier molecular flexibility index (Phi) is 9.21. The van der Waals surface area contributed by atoms with Crippen molar-refractivity contribution in [2.45, 2.75) is 26.3 Å². The molecule has 0 aromatic heterocycles. The second-order valence-corrected chi connectivity index (χ2v) is 6.98. The average Bonchev–Trinajstić information content (AvgIpc) is 2.69. The predicted octanol–water partition coefficient (Wildman–Crippen LogP) is 3.98. The van der Waals surface area contributed by atoms with E-state index in [1.54, 1.807) is 0 Å². The van der Waals surface area contributed by atoms with Crippen molar-refractivity contribution in [3.63, 3.8) is 0 Å². The first-order chi connectivity index (χ1) is 13.2. The van der Waals surface area contributed by atoms with Gasteiger partial charge in [-0.05, 0) is 36.6 Å². The van der Waals surface area contributed by atoms with Crippen molar-refractivity contribution in [1.82, 2.24) is 4.90 Å². The van der Waals surface area contributed by atoms with Gasteiger partial charge < -0.3 is 15.8 Å². The van der Waals surface area contributed by atoms with Gasteiger partial charge in [0.25, 0.3) is 0 Å². The molecular weight excluding hydrogens is 463 g/mol. The van der Waals surface area contributed by atoms with E-state index in [-0.39, 0.29) is 30.0 Å². The summed E-state index contributed by atoms with van der Waals surface area (Å²) < 4.78 is 5.52. The summed E-state index contributed by atoms with van der Waals surface area (Å²) in [6.07, 6.45) is 0.999. The van der Waals surface area contributed by atoms with Crippen LogP contribution in [0.25, 0.3) is 0 Å². The molecule has 1 saturated heterocycles. The second kappa shape index (κ2) is 11.4. The summed E-state index contributed by atoms with van der Waals surface area (Å²) >= 11 is 0. The number of nitrogens with zero attached hydrogens (tertiary/aromatic N) is 2. The lowest BCUT2D eigenvalue weighted by atomic mass is 10.0. The summed E-state index contributed by atoms with van der Waals surface area (Å²) in [6.45, 7) is 8.26. The van der Waals surface area contributed by atoms with Crippen LogP contribution in [0, 0.1) is 6.92 Å². The molecule has 152 valence electrons. The van der Waals surface area contributed by atoms with Crippen LogP contribution in [-0.4, -0.2) is 43.7 Å². The first-order valence-corrected chi connectivity index (χ1v) is 9.70. The Labute approximate surface area is 185 Å². The zero-order valence-corrected chi connectivity index (χ0v) is 19.1. The van der Waals surface area contributed by atoms with Crippen molar-refractivity contribution in [2.75, 3.05) is 38.2 Å². The predicted molar refractivity (Wildman–Crippen MR) is 128 cm³/mol. The second-order valence-electron chi connectivity index (χ2n) is 6.98. The van der Waals surface area contributed by atoms with E-state index in [1.165, 1.54) is 16.7 Å². The number of anilines is 1. The molecule has 1 heterocycles. The van der Waals surface area contributed by atoms with E-state index in [9.17, 15) is 0 Å². The monoisotopic (exact) mass is 494 g/mol. The van der Waals surface area contributed by atoms with Crippen molar-refractivity contribution >= 4 is 35.6 Å². The molecule has 0 bridgehead atoms. The van der Waals surface area contributed by atoms with E-state index >= 15 is 0 Å². The number of guanidine groups is 1.